The number of hydrogen-bond acceptors (Lipinski definition) is 5. The summed E-state index contributed by atoms with van der Waals surface area (Å²) >= 11 is 0. The summed E-state index contributed by atoms with van der Waals surface area (Å²) in [4.78, 5) is 0. The molecule has 0 atom stereocenters. The van der Waals surface area contributed by atoms with E-state index in [1.54, 1.807) is 0 Å². The minimum Gasteiger partial charge on any atom is -0.344 e. The molecule has 5 nitrogen and oxygen atoms in total. The maximum atomic E-state index is 11.6. The van der Waals surface area contributed by atoms with E-state index in [-0.39, 0.29) is 19.4 Å². The van der Waals surface area contributed by atoms with Crippen molar-refractivity contribution in [2.45, 2.75) is 110 Å². The quantitative estimate of drug-likeness (QED) is 0.265. The van der Waals surface area contributed by atoms with Crippen molar-refractivity contribution in [2.75, 3.05) is 13.2 Å². The molecular formula is C19H43NO4S. The van der Waals surface area contributed by atoms with Gasteiger partial charge in [-0.05, 0) is 12.8 Å². The molecule has 0 aliphatic heterocycles. The fraction of sp³-hybridized carbons (Fsp3) is 1.00. The second-order valence-electron chi connectivity index (χ2n) is 6.65. The van der Waals surface area contributed by atoms with Crippen LogP contribution in [-0.4, -0.2) is 21.6 Å². The zero-order valence-corrected chi connectivity index (χ0v) is 17.6. The molecule has 6 heteroatoms. The molecule has 3 N–H and O–H groups in total. The third-order valence-electron chi connectivity index (χ3n) is 4.20. The summed E-state index contributed by atoms with van der Waals surface area (Å²) in [5, 5.41) is 0. The van der Waals surface area contributed by atoms with E-state index in [0.717, 1.165) is 38.5 Å². The zero-order valence-electron chi connectivity index (χ0n) is 16.8. The van der Waals surface area contributed by atoms with Crippen LogP contribution in [0, 0.1) is 0 Å². The summed E-state index contributed by atoms with van der Waals surface area (Å²) < 4.78 is 32.9. The first kappa shape index (κ1) is 27.1. The van der Waals surface area contributed by atoms with Crippen molar-refractivity contribution in [1.29, 1.82) is 0 Å². The second kappa shape index (κ2) is 20.1. The van der Waals surface area contributed by atoms with Crippen LogP contribution < -0.4 is 6.15 Å². The van der Waals surface area contributed by atoms with Crippen molar-refractivity contribution in [2.24, 2.45) is 0 Å². The third-order valence-corrected chi connectivity index (χ3v) is 5.11. The van der Waals surface area contributed by atoms with Crippen molar-refractivity contribution in [1.82, 2.24) is 6.15 Å². The number of hydrogen-bond donors (Lipinski definition) is 1. The largest absolute Gasteiger partial charge is 0.399 e. The Balaban J connectivity index is 0. The Kier molecular flexibility index (Phi) is 21.8. The summed E-state index contributed by atoms with van der Waals surface area (Å²) in [6, 6.07) is 0. The smallest absolute Gasteiger partial charge is 0.344 e. The highest BCUT2D eigenvalue weighted by Crippen LogP contribution is 2.10. The predicted molar refractivity (Wildman–Crippen MR) is 106 cm³/mol. The molecule has 154 valence electrons. The summed E-state index contributed by atoms with van der Waals surface area (Å²) in [6.07, 6.45) is 17.4. The monoisotopic (exact) mass is 381 g/mol. The lowest BCUT2D eigenvalue weighted by molar-refractivity contribution is 0.208. The Morgan fingerprint density at radius 2 is 0.800 bits per heavy atom. The van der Waals surface area contributed by atoms with Gasteiger partial charge in [0.2, 0.25) is 0 Å². The Morgan fingerprint density at radius 1 is 0.520 bits per heavy atom. The zero-order chi connectivity index (χ0) is 17.9. The lowest BCUT2D eigenvalue weighted by atomic mass is 10.1. The molecule has 0 radical (unpaired) electrons. The minimum atomic E-state index is -3.79. The topological polar surface area (TPSA) is 87.6 Å². The van der Waals surface area contributed by atoms with Crippen LogP contribution in [0.5, 0.6) is 0 Å². The van der Waals surface area contributed by atoms with E-state index in [0.29, 0.717) is 0 Å². The van der Waals surface area contributed by atoms with Gasteiger partial charge in [0.1, 0.15) is 0 Å². The molecule has 0 heterocycles. The van der Waals surface area contributed by atoms with Crippen LogP contribution in [0.4, 0.5) is 0 Å². The van der Waals surface area contributed by atoms with E-state index in [1.165, 1.54) is 57.8 Å². The van der Waals surface area contributed by atoms with Crippen molar-refractivity contribution >= 4 is 10.4 Å². The van der Waals surface area contributed by atoms with Gasteiger partial charge >= 0.3 is 10.4 Å². The molecular weight excluding hydrogens is 338 g/mol. The molecule has 0 bridgehead atoms. The Labute approximate surface area is 157 Å². The molecule has 0 aliphatic rings. The molecule has 0 aromatic carbocycles. The fourth-order valence-corrected chi connectivity index (χ4v) is 3.36. The molecule has 25 heavy (non-hydrogen) atoms. The summed E-state index contributed by atoms with van der Waals surface area (Å²) in [5.74, 6) is 0. The van der Waals surface area contributed by atoms with E-state index < -0.39 is 10.4 Å². The molecule has 0 fully saturated rings. The maximum absolute atomic E-state index is 11.6. The molecule has 0 unspecified atom stereocenters. The number of unbranched alkanes of at least 4 members (excludes halogenated alkanes) is 13. The van der Waals surface area contributed by atoms with Gasteiger partial charge in [0.15, 0.2) is 0 Å². The van der Waals surface area contributed by atoms with E-state index in [2.05, 4.69) is 13.8 Å². The van der Waals surface area contributed by atoms with Crippen LogP contribution in [0.3, 0.4) is 0 Å². The van der Waals surface area contributed by atoms with Gasteiger partial charge in [-0.15, -0.1) is 0 Å². The highest BCUT2D eigenvalue weighted by molar-refractivity contribution is 7.81. The van der Waals surface area contributed by atoms with Gasteiger partial charge < -0.3 is 6.15 Å². The van der Waals surface area contributed by atoms with Gasteiger partial charge in [-0.25, -0.2) is 8.37 Å². The van der Waals surface area contributed by atoms with E-state index >= 15 is 0 Å². The highest BCUT2D eigenvalue weighted by atomic mass is 32.3. The van der Waals surface area contributed by atoms with Crippen molar-refractivity contribution in [3.63, 3.8) is 0 Å². The molecule has 0 rings (SSSR count). The van der Waals surface area contributed by atoms with Gasteiger partial charge in [0.25, 0.3) is 0 Å². The molecule has 0 saturated heterocycles. The van der Waals surface area contributed by atoms with Crippen LogP contribution >= 0.6 is 0 Å². The van der Waals surface area contributed by atoms with Crippen LogP contribution in [0.2, 0.25) is 0 Å². The summed E-state index contributed by atoms with van der Waals surface area (Å²) in [5.41, 5.74) is 0. The highest BCUT2D eigenvalue weighted by Gasteiger charge is 2.10. The molecule has 0 spiro atoms. The molecule has 0 aromatic rings. The lowest BCUT2D eigenvalue weighted by Gasteiger charge is -2.06. The van der Waals surface area contributed by atoms with Gasteiger partial charge in [-0.3, -0.25) is 0 Å². The average molecular weight is 382 g/mol. The maximum Gasteiger partial charge on any atom is 0.399 e. The van der Waals surface area contributed by atoms with Crippen molar-refractivity contribution in [3.8, 4) is 0 Å². The Bertz CT molecular complexity index is 347. The standard InChI is InChI=1S/C19H40O4S.H3N/c1-3-5-7-9-11-12-13-15-17-19-23-24(20,21)22-18-16-14-10-8-6-4-2;/h3-19H2,1-2H3;1H3. The van der Waals surface area contributed by atoms with Crippen molar-refractivity contribution in [3.05, 3.63) is 0 Å². The predicted octanol–water partition coefficient (Wildman–Crippen LogP) is 6.32. The van der Waals surface area contributed by atoms with Crippen LogP contribution in [0.1, 0.15) is 110 Å². The lowest BCUT2D eigenvalue weighted by Crippen LogP contribution is -2.12. The minimum absolute atomic E-state index is 0. The van der Waals surface area contributed by atoms with Crippen molar-refractivity contribution < 1.29 is 16.8 Å². The van der Waals surface area contributed by atoms with E-state index in [4.69, 9.17) is 8.37 Å². The van der Waals surface area contributed by atoms with Gasteiger partial charge in [0.05, 0.1) is 13.2 Å². The number of rotatable bonds is 19. The van der Waals surface area contributed by atoms with E-state index in [9.17, 15) is 8.42 Å². The SMILES string of the molecule is CCCCCCCCCCCOS(=O)(=O)OCCCCCCCC.N. The molecule has 0 aliphatic carbocycles. The first-order valence-electron chi connectivity index (χ1n) is 10.2. The molecule has 0 aromatic heterocycles. The second-order valence-corrected chi connectivity index (χ2v) is 7.94. The van der Waals surface area contributed by atoms with E-state index in [1.807, 2.05) is 0 Å². The fourth-order valence-electron chi connectivity index (χ4n) is 2.65. The first-order chi connectivity index (χ1) is 11.6. The normalized spacial score (nSPS) is 11.4. The van der Waals surface area contributed by atoms with Crippen LogP contribution in [0.25, 0.3) is 0 Å². The van der Waals surface area contributed by atoms with Gasteiger partial charge in [0, 0.05) is 0 Å². The van der Waals surface area contributed by atoms with Crippen LogP contribution in [0.15, 0.2) is 0 Å². The molecule has 0 saturated carbocycles. The summed E-state index contributed by atoms with van der Waals surface area (Å²) in [7, 11) is -3.79. The van der Waals surface area contributed by atoms with Gasteiger partial charge in [-0.2, -0.15) is 8.42 Å². The summed E-state index contributed by atoms with van der Waals surface area (Å²) in [6.45, 7) is 4.90. The molecule has 0 amide bonds. The van der Waals surface area contributed by atoms with Gasteiger partial charge in [-0.1, -0.05) is 97.3 Å². The Hall–Kier alpha value is -0.170. The first-order valence-corrected chi connectivity index (χ1v) is 11.5. The third kappa shape index (κ3) is 21.8. The Morgan fingerprint density at radius 3 is 1.12 bits per heavy atom. The van der Waals surface area contributed by atoms with Crippen LogP contribution in [-0.2, 0) is 18.8 Å². The average Bonchev–Trinajstić information content (AvgIpc) is 2.55.